The third-order valence-electron chi connectivity index (χ3n) is 3.96. The number of para-hydroxylation sites is 1. The number of nitrogens with one attached hydrogen (secondary N) is 1. The van der Waals surface area contributed by atoms with Crippen molar-refractivity contribution in [3.8, 4) is 5.75 Å². The first kappa shape index (κ1) is 15.1. The molecule has 0 atom stereocenters. The number of fused-ring (bicyclic) bond motifs is 1. The van der Waals surface area contributed by atoms with Crippen molar-refractivity contribution >= 4 is 23.2 Å². The number of rotatable bonds is 3. The van der Waals surface area contributed by atoms with Crippen LogP contribution in [0.2, 0.25) is 0 Å². The van der Waals surface area contributed by atoms with E-state index in [2.05, 4.69) is 5.32 Å². The lowest BCUT2D eigenvalue weighted by Gasteiger charge is -2.15. The van der Waals surface area contributed by atoms with Crippen LogP contribution in [0.4, 0.5) is 11.4 Å². The number of methoxy groups -OCH3 is 1. The van der Waals surface area contributed by atoms with Crippen LogP contribution >= 0.6 is 0 Å². The minimum atomic E-state index is -0.219. The normalized spacial score (nSPS) is 12.7. The van der Waals surface area contributed by atoms with Crippen molar-refractivity contribution in [3.05, 3.63) is 53.6 Å². The zero-order valence-corrected chi connectivity index (χ0v) is 13.1. The molecule has 0 saturated carbocycles. The Bertz CT molecular complexity index is 771. The Labute approximate surface area is 134 Å². The molecule has 1 aliphatic heterocycles. The molecular weight excluding hydrogens is 292 g/mol. The smallest absolute Gasteiger partial charge is 0.259 e. The summed E-state index contributed by atoms with van der Waals surface area (Å²) in [6.07, 6.45) is 0.799. The maximum Gasteiger partial charge on any atom is 0.259 e. The van der Waals surface area contributed by atoms with Gasteiger partial charge in [-0.15, -0.1) is 0 Å². The molecule has 118 valence electrons. The van der Waals surface area contributed by atoms with E-state index >= 15 is 0 Å². The molecule has 0 radical (unpaired) electrons. The molecule has 0 saturated heterocycles. The summed E-state index contributed by atoms with van der Waals surface area (Å²) in [6.45, 7) is 2.25. The fourth-order valence-corrected chi connectivity index (χ4v) is 2.84. The lowest BCUT2D eigenvalue weighted by molar-refractivity contribution is -0.116. The Morgan fingerprint density at radius 3 is 2.70 bits per heavy atom. The molecule has 0 fully saturated rings. The molecular formula is C18H18N2O3. The molecule has 1 heterocycles. The summed E-state index contributed by atoms with van der Waals surface area (Å²) in [5.74, 6) is 0.354. The van der Waals surface area contributed by atoms with Gasteiger partial charge in [0.1, 0.15) is 5.75 Å². The maximum absolute atomic E-state index is 12.4. The first-order chi connectivity index (χ1) is 11.1. The molecule has 0 aromatic heterocycles. The Hall–Kier alpha value is -2.82. The van der Waals surface area contributed by atoms with Crippen LogP contribution < -0.4 is 15.0 Å². The third-order valence-corrected chi connectivity index (χ3v) is 3.96. The topological polar surface area (TPSA) is 58.6 Å². The SMILES string of the molecule is COc1ccccc1C(=O)Nc1ccc2c(c1)CCN2C(C)=O. The van der Waals surface area contributed by atoms with E-state index in [9.17, 15) is 9.59 Å². The van der Waals surface area contributed by atoms with Crippen molar-refractivity contribution in [1.29, 1.82) is 0 Å². The largest absolute Gasteiger partial charge is 0.496 e. The van der Waals surface area contributed by atoms with Gasteiger partial charge in [0.25, 0.3) is 5.91 Å². The molecule has 0 bridgehead atoms. The third kappa shape index (κ3) is 2.90. The highest BCUT2D eigenvalue weighted by Gasteiger charge is 2.22. The van der Waals surface area contributed by atoms with Gasteiger partial charge in [-0.25, -0.2) is 0 Å². The van der Waals surface area contributed by atoms with Crippen molar-refractivity contribution in [2.24, 2.45) is 0 Å². The number of hydrogen-bond donors (Lipinski definition) is 1. The van der Waals surface area contributed by atoms with Gasteiger partial charge in [0, 0.05) is 24.8 Å². The number of anilines is 2. The average Bonchev–Trinajstić information content (AvgIpc) is 2.98. The fraction of sp³-hybridized carbons (Fsp3) is 0.222. The molecule has 3 rings (SSSR count). The van der Waals surface area contributed by atoms with Crippen molar-refractivity contribution in [1.82, 2.24) is 0 Å². The zero-order chi connectivity index (χ0) is 16.4. The quantitative estimate of drug-likeness (QED) is 0.948. The van der Waals surface area contributed by atoms with E-state index in [1.165, 1.54) is 7.11 Å². The second-order valence-corrected chi connectivity index (χ2v) is 5.42. The van der Waals surface area contributed by atoms with Crippen LogP contribution in [0.15, 0.2) is 42.5 Å². The Balaban J connectivity index is 1.82. The molecule has 0 aliphatic carbocycles. The Morgan fingerprint density at radius 2 is 1.96 bits per heavy atom. The molecule has 5 heteroatoms. The van der Waals surface area contributed by atoms with Gasteiger partial charge in [-0.2, -0.15) is 0 Å². The highest BCUT2D eigenvalue weighted by Crippen LogP contribution is 2.31. The van der Waals surface area contributed by atoms with Gasteiger partial charge in [-0.05, 0) is 42.3 Å². The van der Waals surface area contributed by atoms with E-state index in [0.717, 1.165) is 17.7 Å². The monoisotopic (exact) mass is 310 g/mol. The molecule has 2 aromatic carbocycles. The van der Waals surface area contributed by atoms with Gasteiger partial charge >= 0.3 is 0 Å². The van der Waals surface area contributed by atoms with Crippen LogP contribution in [0, 0.1) is 0 Å². The van der Waals surface area contributed by atoms with E-state index in [0.29, 0.717) is 23.5 Å². The number of ether oxygens (including phenoxy) is 1. The number of benzene rings is 2. The highest BCUT2D eigenvalue weighted by molar-refractivity contribution is 6.06. The maximum atomic E-state index is 12.4. The van der Waals surface area contributed by atoms with Gasteiger partial charge in [0.15, 0.2) is 0 Å². The minimum Gasteiger partial charge on any atom is -0.496 e. The second kappa shape index (κ2) is 6.12. The fourth-order valence-electron chi connectivity index (χ4n) is 2.84. The number of hydrogen-bond acceptors (Lipinski definition) is 3. The van der Waals surface area contributed by atoms with Gasteiger partial charge in [0.05, 0.1) is 12.7 Å². The van der Waals surface area contributed by atoms with Crippen molar-refractivity contribution in [2.45, 2.75) is 13.3 Å². The Kier molecular flexibility index (Phi) is 4.02. The number of carbonyl (C=O) groups is 2. The van der Waals surface area contributed by atoms with Gasteiger partial charge in [-0.3, -0.25) is 9.59 Å². The van der Waals surface area contributed by atoms with Crippen LogP contribution in [0.1, 0.15) is 22.8 Å². The van der Waals surface area contributed by atoms with E-state index in [1.807, 2.05) is 24.3 Å². The molecule has 1 N–H and O–H groups in total. The lowest BCUT2D eigenvalue weighted by atomic mass is 10.1. The summed E-state index contributed by atoms with van der Waals surface area (Å²) in [6, 6.07) is 12.7. The van der Waals surface area contributed by atoms with Crippen molar-refractivity contribution in [3.63, 3.8) is 0 Å². The summed E-state index contributed by atoms with van der Waals surface area (Å²) in [5, 5.41) is 2.88. The van der Waals surface area contributed by atoms with Crippen LogP contribution in [-0.4, -0.2) is 25.5 Å². The van der Waals surface area contributed by atoms with Gasteiger partial charge in [0.2, 0.25) is 5.91 Å². The first-order valence-electron chi connectivity index (χ1n) is 7.45. The molecule has 0 spiro atoms. The predicted molar refractivity (Wildman–Crippen MR) is 89.1 cm³/mol. The van der Waals surface area contributed by atoms with E-state index < -0.39 is 0 Å². The second-order valence-electron chi connectivity index (χ2n) is 5.42. The summed E-state index contributed by atoms with van der Waals surface area (Å²) in [7, 11) is 1.54. The average molecular weight is 310 g/mol. The lowest BCUT2D eigenvalue weighted by Crippen LogP contribution is -2.25. The molecule has 23 heavy (non-hydrogen) atoms. The standard InChI is InChI=1S/C18H18N2O3/c1-12(21)20-10-9-13-11-14(7-8-16(13)20)19-18(22)15-5-3-4-6-17(15)23-2/h3-8,11H,9-10H2,1-2H3,(H,19,22). The minimum absolute atomic E-state index is 0.0366. The van der Waals surface area contributed by atoms with E-state index in [1.54, 1.807) is 30.0 Å². The molecule has 1 aliphatic rings. The Morgan fingerprint density at radius 1 is 1.17 bits per heavy atom. The summed E-state index contributed by atoms with van der Waals surface area (Å²) in [4.78, 5) is 25.7. The van der Waals surface area contributed by atoms with Gasteiger partial charge in [-0.1, -0.05) is 12.1 Å². The van der Waals surface area contributed by atoms with Gasteiger partial charge < -0.3 is 15.0 Å². The van der Waals surface area contributed by atoms with Crippen molar-refractivity contribution in [2.75, 3.05) is 23.9 Å². The zero-order valence-electron chi connectivity index (χ0n) is 13.1. The van der Waals surface area contributed by atoms with Crippen LogP contribution in [0.5, 0.6) is 5.75 Å². The molecule has 2 amide bonds. The molecule has 2 aromatic rings. The molecule has 0 unspecified atom stereocenters. The highest BCUT2D eigenvalue weighted by atomic mass is 16.5. The van der Waals surface area contributed by atoms with E-state index in [-0.39, 0.29) is 11.8 Å². The number of amides is 2. The predicted octanol–water partition coefficient (Wildman–Crippen LogP) is 2.86. The summed E-state index contributed by atoms with van der Waals surface area (Å²) in [5.41, 5.74) is 3.19. The van der Waals surface area contributed by atoms with Crippen LogP contribution in [-0.2, 0) is 11.2 Å². The molecule has 5 nitrogen and oxygen atoms in total. The first-order valence-corrected chi connectivity index (χ1v) is 7.45. The summed E-state index contributed by atoms with van der Waals surface area (Å²) < 4.78 is 5.21. The van der Waals surface area contributed by atoms with Crippen LogP contribution in [0.25, 0.3) is 0 Å². The van der Waals surface area contributed by atoms with E-state index in [4.69, 9.17) is 4.74 Å². The van der Waals surface area contributed by atoms with Crippen LogP contribution in [0.3, 0.4) is 0 Å². The number of nitrogens with zero attached hydrogens (tertiary/aromatic N) is 1. The number of carbonyl (C=O) groups excluding carboxylic acids is 2. The summed E-state index contributed by atoms with van der Waals surface area (Å²) >= 11 is 0. The van der Waals surface area contributed by atoms with Crippen molar-refractivity contribution < 1.29 is 14.3 Å².